The van der Waals surface area contributed by atoms with Gasteiger partial charge in [0.05, 0.1) is 24.7 Å². The summed E-state index contributed by atoms with van der Waals surface area (Å²) in [5.41, 5.74) is 0.803. The molecule has 0 aromatic carbocycles. The molecule has 3 rings (SSSR count). The normalized spacial score (nSPS) is 22.4. The fourth-order valence-corrected chi connectivity index (χ4v) is 2.95. The van der Waals surface area contributed by atoms with Crippen molar-refractivity contribution in [2.24, 2.45) is 5.92 Å². The SMILES string of the molecule is Cc1cc(CN2CCN(C(=O)CNC3CC3)C[C@H](C(=O)O)C2)on1. The van der Waals surface area contributed by atoms with Gasteiger partial charge in [-0.15, -0.1) is 0 Å². The third kappa shape index (κ3) is 4.55. The molecule has 1 aliphatic carbocycles. The van der Waals surface area contributed by atoms with Gasteiger partial charge in [0.15, 0.2) is 5.76 Å². The van der Waals surface area contributed by atoms with E-state index >= 15 is 0 Å². The van der Waals surface area contributed by atoms with Gasteiger partial charge in [-0.05, 0) is 19.8 Å². The zero-order chi connectivity index (χ0) is 17.1. The Hall–Kier alpha value is -1.93. The number of carboxylic acids is 1. The highest BCUT2D eigenvalue weighted by molar-refractivity contribution is 5.79. The van der Waals surface area contributed by atoms with Gasteiger partial charge in [0.2, 0.25) is 5.91 Å². The largest absolute Gasteiger partial charge is 0.481 e. The molecule has 2 N–H and O–H groups in total. The molecule has 2 heterocycles. The van der Waals surface area contributed by atoms with E-state index in [1.807, 2.05) is 17.9 Å². The summed E-state index contributed by atoms with van der Waals surface area (Å²) in [6, 6.07) is 2.31. The van der Waals surface area contributed by atoms with Crippen molar-refractivity contribution in [1.29, 1.82) is 0 Å². The zero-order valence-electron chi connectivity index (χ0n) is 13.9. The van der Waals surface area contributed by atoms with E-state index in [0.717, 1.165) is 18.5 Å². The number of amides is 1. The molecule has 2 aliphatic rings. The monoisotopic (exact) mass is 336 g/mol. The van der Waals surface area contributed by atoms with Gasteiger partial charge in [0.25, 0.3) is 0 Å². The minimum absolute atomic E-state index is 0.0227. The van der Waals surface area contributed by atoms with E-state index in [4.69, 9.17) is 4.52 Å². The number of carbonyl (C=O) groups is 2. The lowest BCUT2D eigenvalue weighted by molar-refractivity contribution is -0.143. The minimum atomic E-state index is -0.872. The molecule has 1 aliphatic heterocycles. The van der Waals surface area contributed by atoms with Crippen LogP contribution in [0.15, 0.2) is 10.6 Å². The summed E-state index contributed by atoms with van der Waals surface area (Å²) in [6.45, 7) is 4.45. The highest BCUT2D eigenvalue weighted by Crippen LogP contribution is 2.18. The van der Waals surface area contributed by atoms with Crippen LogP contribution < -0.4 is 5.32 Å². The predicted octanol–water partition coefficient (Wildman–Crippen LogP) is 0.0800. The number of rotatable bonds is 6. The molecule has 2 fully saturated rings. The average Bonchev–Trinajstić information content (AvgIpc) is 3.31. The topological polar surface area (TPSA) is 98.9 Å². The van der Waals surface area contributed by atoms with Gasteiger partial charge < -0.3 is 19.8 Å². The van der Waals surface area contributed by atoms with Crippen LogP contribution in [0.4, 0.5) is 0 Å². The Balaban J connectivity index is 1.60. The lowest BCUT2D eigenvalue weighted by Gasteiger charge is -2.22. The highest BCUT2D eigenvalue weighted by Gasteiger charge is 2.31. The molecule has 0 spiro atoms. The van der Waals surface area contributed by atoms with E-state index in [2.05, 4.69) is 10.5 Å². The van der Waals surface area contributed by atoms with Gasteiger partial charge in [-0.1, -0.05) is 5.16 Å². The standard InChI is InChI=1S/C16H24N4O4/c1-11-6-14(24-18-11)10-19-4-5-20(9-12(8-19)16(22)23)15(21)7-17-13-2-3-13/h6,12-13,17H,2-5,7-10H2,1H3,(H,22,23)/t12-/m1/s1. The van der Waals surface area contributed by atoms with Gasteiger partial charge in [-0.2, -0.15) is 0 Å². The van der Waals surface area contributed by atoms with E-state index in [9.17, 15) is 14.7 Å². The van der Waals surface area contributed by atoms with E-state index in [1.165, 1.54) is 0 Å². The van der Waals surface area contributed by atoms with Crippen LogP contribution in [0.2, 0.25) is 0 Å². The van der Waals surface area contributed by atoms with E-state index < -0.39 is 11.9 Å². The lowest BCUT2D eigenvalue weighted by atomic mass is 10.1. The smallest absolute Gasteiger partial charge is 0.309 e. The van der Waals surface area contributed by atoms with Crippen LogP contribution in [0.3, 0.4) is 0 Å². The Morgan fingerprint density at radius 2 is 2.17 bits per heavy atom. The van der Waals surface area contributed by atoms with Crippen molar-refractivity contribution in [1.82, 2.24) is 20.3 Å². The maximum atomic E-state index is 12.3. The maximum absolute atomic E-state index is 12.3. The number of hydrogen-bond donors (Lipinski definition) is 2. The van der Waals surface area contributed by atoms with Gasteiger partial charge in [0, 0.05) is 38.3 Å². The molecule has 1 saturated carbocycles. The summed E-state index contributed by atoms with van der Waals surface area (Å²) < 4.78 is 5.22. The summed E-state index contributed by atoms with van der Waals surface area (Å²) in [4.78, 5) is 27.6. The molecule has 8 heteroatoms. The molecule has 132 valence electrons. The number of carbonyl (C=O) groups excluding carboxylic acids is 1. The second-order valence-electron chi connectivity index (χ2n) is 6.70. The van der Waals surface area contributed by atoms with Gasteiger partial charge >= 0.3 is 5.97 Å². The van der Waals surface area contributed by atoms with Crippen molar-refractivity contribution in [3.63, 3.8) is 0 Å². The molecule has 1 amide bonds. The summed E-state index contributed by atoms with van der Waals surface area (Å²) in [5, 5.41) is 16.5. The molecule has 1 aromatic heterocycles. The van der Waals surface area contributed by atoms with Crippen LogP contribution >= 0.6 is 0 Å². The Bertz CT molecular complexity index is 599. The molecule has 0 unspecified atom stereocenters. The zero-order valence-corrected chi connectivity index (χ0v) is 13.9. The third-order valence-corrected chi connectivity index (χ3v) is 4.48. The van der Waals surface area contributed by atoms with Crippen LogP contribution in [0.25, 0.3) is 0 Å². The summed E-state index contributed by atoms with van der Waals surface area (Å²) in [6.07, 6.45) is 2.24. The second-order valence-corrected chi connectivity index (χ2v) is 6.70. The van der Waals surface area contributed by atoms with E-state index in [0.29, 0.717) is 38.0 Å². The summed E-state index contributed by atoms with van der Waals surface area (Å²) >= 11 is 0. The first kappa shape index (κ1) is 16.9. The quantitative estimate of drug-likeness (QED) is 0.759. The van der Waals surface area contributed by atoms with Crippen molar-refractivity contribution in [2.45, 2.75) is 32.4 Å². The van der Waals surface area contributed by atoms with Gasteiger partial charge in [-0.3, -0.25) is 14.5 Å². The summed E-state index contributed by atoms with van der Waals surface area (Å²) in [7, 11) is 0. The Labute approximate surface area is 140 Å². The third-order valence-electron chi connectivity index (χ3n) is 4.48. The second kappa shape index (κ2) is 7.31. The number of aromatic nitrogens is 1. The fourth-order valence-electron chi connectivity index (χ4n) is 2.95. The Kier molecular flexibility index (Phi) is 5.15. The summed E-state index contributed by atoms with van der Waals surface area (Å²) in [5.74, 6) is -0.776. The van der Waals surface area contributed by atoms with Crippen molar-refractivity contribution >= 4 is 11.9 Å². The van der Waals surface area contributed by atoms with Crippen LogP contribution in [-0.2, 0) is 16.1 Å². The van der Waals surface area contributed by atoms with Gasteiger partial charge in [-0.25, -0.2) is 0 Å². The van der Waals surface area contributed by atoms with E-state index in [1.54, 1.807) is 4.90 Å². The van der Waals surface area contributed by atoms with Crippen molar-refractivity contribution in [3.05, 3.63) is 17.5 Å². The molecule has 24 heavy (non-hydrogen) atoms. The first-order valence-corrected chi connectivity index (χ1v) is 8.40. The molecular weight excluding hydrogens is 312 g/mol. The molecule has 0 bridgehead atoms. The van der Waals surface area contributed by atoms with Crippen LogP contribution in [0, 0.1) is 12.8 Å². The van der Waals surface area contributed by atoms with Crippen molar-refractivity contribution in [2.75, 3.05) is 32.7 Å². The molecule has 1 aromatic rings. The average molecular weight is 336 g/mol. The number of nitrogens with one attached hydrogen (secondary N) is 1. The highest BCUT2D eigenvalue weighted by atomic mass is 16.5. The molecule has 0 radical (unpaired) electrons. The maximum Gasteiger partial charge on any atom is 0.309 e. The van der Waals surface area contributed by atoms with Crippen LogP contribution in [-0.4, -0.2) is 70.7 Å². The van der Waals surface area contributed by atoms with Crippen LogP contribution in [0.5, 0.6) is 0 Å². The Morgan fingerprint density at radius 3 is 2.79 bits per heavy atom. The minimum Gasteiger partial charge on any atom is -0.481 e. The predicted molar refractivity (Wildman–Crippen MR) is 85.2 cm³/mol. The molecular formula is C16H24N4O4. The number of nitrogens with zero attached hydrogens (tertiary/aromatic N) is 3. The number of carboxylic acid groups (broad SMARTS) is 1. The number of hydrogen-bond acceptors (Lipinski definition) is 6. The molecule has 1 saturated heterocycles. The first-order valence-electron chi connectivity index (χ1n) is 8.40. The Morgan fingerprint density at radius 1 is 1.38 bits per heavy atom. The lowest BCUT2D eigenvalue weighted by Crippen LogP contribution is -2.42. The van der Waals surface area contributed by atoms with E-state index in [-0.39, 0.29) is 19.0 Å². The van der Waals surface area contributed by atoms with Crippen molar-refractivity contribution in [3.8, 4) is 0 Å². The number of aryl methyl sites for hydroxylation is 1. The van der Waals surface area contributed by atoms with Gasteiger partial charge in [0.1, 0.15) is 0 Å². The van der Waals surface area contributed by atoms with Crippen molar-refractivity contribution < 1.29 is 19.2 Å². The number of aliphatic carboxylic acids is 1. The molecule has 8 nitrogen and oxygen atoms in total. The first-order chi connectivity index (χ1) is 11.5. The fraction of sp³-hybridized carbons (Fsp3) is 0.688. The molecule has 1 atom stereocenters. The van der Waals surface area contributed by atoms with Crippen LogP contribution in [0.1, 0.15) is 24.3 Å².